The summed E-state index contributed by atoms with van der Waals surface area (Å²) >= 11 is 1.07. The van der Waals surface area contributed by atoms with Gasteiger partial charge in [0, 0.05) is 54.7 Å². The van der Waals surface area contributed by atoms with Gasteiger partial charge in [-0.25, -0.2) is 9.97 Å². The molecule has 7 heteroatoms. The highest BCUT2D eigenvalue weighted by molar-refractivity contribution is 8.00. The minimum Gasteiger partial charge on any atom is -0.422 e. The molecule has 7 aromatic carbocycles. The lowest BCUT2D eigenvalue weighted by atomic mass is 9.83. The third kappa shape index (κ3) is 4.89. The minimum atomic E-state index is -5.18. The second-order valence-electron chi connectivity index (χ2n) is 15.1. The number of fused-ring (bicyclic) bond motifs is 15. The van der Waals surface area contributed by atoms with E-state index in [1.807, 2.05) is 79.7 Å². The molecule has 10 aromatic rings. The number of benzene rings is 7. The monoisotopic (exact) mass is 806 g/mol. The Labute approximate surface area is 364 Å². The van der Waals surface area contributed by atoms with E-state index in [9.17, 15) is 8.22 Å². The Morgan fingerprint density at radius 3 is 1.98 bits per heavy atom. The van der Waals surface area contributed by atoms with Crippen LogP contribution in [0.1, 0.15) is 33.1 Å². The Morgan fingerprint density at radius 2 is 1.25 bits per heavy atom. The molecular weight excluding hydrogens is 757 g/mol. The molecule has 0 radical (unpaired) electrons. The van der Waals surface area contributed by atoms with Crippen LogP contribution in [0.4, 0.5) is 0 Å². The highest BCUT2D eigenvalue weighted by Gasteiger charge is 2.38. The van der Waals surface area contributed by atoms with Crippen molar-refractivity contribution in [1.29, 1.82) is 0 Å². The molecule has 0 amide bonds. The van der Waals surface area contributed by atoms with Crippen LogP contribution >= 0.6 is 11.8 Å². The lowest BCUT2D eigenvalue weighted by Gasteiger charge is -2.35. The number of para-hydroxylation sites is 2. The molecule has 0 saturated carbocycles. The van der Waals surface area contributed by atoms with Gasteiger partial charge in [-0.15, -0.1) is 0 Å². The highest BCUT2D eigenvalue weighted by atomic mass is 32.2. The van der Waals surface area contributed by atoms with Crippen LogP contribution in [0.15, 0.2) is 154 Å². The summed E-state index contributed by atoms with van der Waals surface area (Å²) in [6, 6.07) is 40.3. The van der Waals surface area contributed by atoms with Gasteiger partial charge in [-0.3, -0.25) is 4.40 Å². The topological polar surface area (TPSA) is 56.2 Å². The molecule has 3 aromatic heterocycles. The molecule has 0 N–H and O–H groups in total. The van der Waals surface area contributed by atoms with Crippen molar-refractivity contribution >= 4 is 58.2 Å². The zero-order valence-corrected chi connectivity index (χ0v) is 33.2. The van der Waals surface area contributed by atoms with Crippen LogP contribution in [0.25, 0.3) is 95.1 Å². The molecule has 1 aliphatic heterocycles. The minimum absolute atomic E-state index is 0.00196. The van der Waals surface area contributed by atoms with Gasteiger partial charge >= 0.3 is 5.84 Å². The average Bonchev–Trinajstić information content (AvgIpc) is 3.87. The van der Waals surface area contributed by atoms with E-state index >= 15 is 0 Å². The Kier molecular flexibility index (Phi) is 5.16. The fourth-order valence-electron chi connectivity index (χ4n) is 9.03. The Morgan fingerprint density at radius 1 is 0.593 bits per heavy atom. The number of hydrogen-bond donors (Lipinski definition) is 0. The van der Waals surface area contributed by atoms with Crippen LogP contribution in [0.3, 0.4) is 0 Å². The number of imidazole rings is 1. The quantitative estimate of drug-likeness (QED) is 0.163. The molecule has 0 saturated heterocycles. The number of nitrogens with zero attached hydrogens (tertiary/aromatic N) is 4. The number of oxazole rings is 1. The Hall–Kier alpha value is -6.54. The number of aromatic nitrogens is 4. The average molecular weight is 807 g/mol. The van der Waals surface area contributed by atoms with Gasteiger partial charge in [-0.1, -0.05) is 134 Å². The summed E-state index contributed by atoms with van der Waals surface area (Å²) in [4.78, 5) is 15.4. The molecule has 4 heterocycles. The van der Waals surface area contributed by atoms with E-state index in [-0.39, 0.29) is 54.8 Å². The second-order valence-corrected chi connectivity index (χ2v) is 18.8. The largest absolute Gasteiger partial charge is 0.422 e. The molecule has 0 unspecified atom stereocenters. The first kappa shape index (κ1) is 24.4. The first-order chi connectivity index (χ1) is 33.7. The van der Waals surface area contributed by atoms with Gasteiger partial charge < -0.3 is 4.42 Å². The number of aryl methyl sites for hydroxylation is 3. The third-order valence-electron chi connectivity index (χ3n) is 11.8. The maximum Gasteiger partial charge on any atom is 0.307 e. The van der Waals surface area contributed by atoms with Gasteiger partial charge in [0.05, 0.1) is 22.2 Å². The molecule has 2 aliphatic rings. The summed E-state index contributed by atoms with van der Waals surface area (Å²) in [7, 11) is -5.18. The first-order valence-electron chi connectivity index (χ1n) is 25.2. The van der Waals surface area contributed by atoms with E-state index in [0.29, 0.717) is 38.3 Å². The van der Waals surface area contributed by atoms with Crippen molar-refractivity contribution in [3.05, 3.63) is 156 Å². The number of rotatable bonds is 2. The fourth-order valence-corrected chi connectivity index (χ4v) is 13.2. The first-order valence-corrected chi connectivity index (χ1v) is 22.0. The Balaban J connectivity index is 1.15. The summed E-state index contributed by atoms with van der Waals surface area (Å²) in [6.45, 7) is -10.3. The summed E-state index contributed by atoms with van der Waals surface area (Å²) in [5.41, 5.74) is 8.93. The summed E-state index contributed by atoms with van der Waals surface area (Å²) in [5.74, 6) is 0.346. The van der Waals surface area contributed by atoms with Gasteiger partial charge in [-0.05, 0) is 105 Å². The van der Waals surface area contributed by atoms with Crippen molar-refractivity contribution in [2.45, 2.75) is 43.4 Å². The molecule has 1 aliphatic carbocycles. The van der Waals surface area contributed by atoms with Crippen LogP contribution < -0.4 is 10.4 Å². The Bertz CT molecular complexity index is 3890. The third-order valence-corrected chi connectivity index (χ3v) is 15.8. The highest BCUT2D eigenvalue weighted by Crippen LogP contribution is 2.48. The normalized spacial score (nSPS) is 17.4. The van der Waals surface area contributed by atoms with Crippen molar-refractivity contribution < 1.29 is 20.9 Å². The SMILES string of the molecule is [2H]C([2H])([2H])c1cc2c(cc1-c1c(C([2H])([2H])[2H])ccc3c1oc1nc4ccccc4n13)[Si](C([2H])([2H])[2H])(C([2H])([2H])[2H])c1ccc(C)c(-c3ncc4c(n3)-c3ccccc3-c3ccccc3-c3ccccc3-4)c1S2. The summed E-state index contributed by atoms with van der Waals surface area (Å²) in [6.07, 6.45) is 1.76. The van der Waals surface area contributed by atoms with Gasteiger partial charge in [0.2, 0.25) is 0 Å². The molecule has 12 rings (SSSR count). The molecule has 0 fully saturated rings. The van der Waals surface area contributed by atoms with Gasteiger partial charge in [0.25, 0.3) is 0 Å². The zero-order chi connectivity index (χ0) is 49.7. The smallest absolute Gasteiger partial charge is 0.307 e. The number of hydrogen-bond acceptors (Lipinski definition) is 5. The maximum absolute atomic E-state index is 9.42. The molecule has 0 spiro atoms. The zero-order valence-electron chi connectivity index (χ0n) is 43.4. The lowest BCUT2D eigenvalue weighted by Crippen LogP contribution is -2.56. The van der Waals surface area contributed by atoms with Crippen molar-refractivity contribution in [3.8, 4) is 67.2 Å². The standard InChI is InChI=1S/C52H38N4OSSi/c1-29-22-24-42-49(57-52-54-40-20-12-13-21-41(40)56(42)52)46(29)38-27-45-43(26-31(38)3)58-50-44(59(45,4)5)25-23-30(2)47(50)51-53-28-39-36-18-9-8-16-34(36)32-14-6-7-15-33(32)35-17-10-11-19-37(35)48(39)55-51/h6-28H,1-5H3/i1D3,3D3,4D3,5D3. The summed E-state index contributed by atoms with van der Waals surface area (Å²) in [5, 5.41) is 0.00164. The van der Waals surface area contributed by atoms with Crippen LogP contribution in [-0.4, -0.2) is 27.4 Å². The molecule has 282 valence electrons. The predicted octanol–water partition coefficient (Wildman–Crippen LogP) is 12.6. The van der Waals surface area contributed by atoms with Gasteiger partial charge in [0.15, 0.2) is 11.4 Å². The van der Waals surface area contributed by atoms with E-state index in [1.54, 1.807) is 34.9 Å². The molecule has 0 bridgehead atoms. The van der Waals surface area contributed by atoms with Crippen LogP contribution in [0, 0.1) is 20.6 Å². The van der Waals surface area contributed by atoms with Gasteiger partial charge in [-0.2, -0.15) is 4.98 Å². The van der Waals surface area contributed by atoms with Crippen molar-refractivity contribution in [1.82, 2.24) is 19.4 Å². The van der Waals surface area contributed by atoms with E-state index in [0.717, 1.165) is 50.7 Å². The van der Waals surface area contributed by atoms with E-state index < -0.39 is 34.7 Å². The van der Waals surface area contributed by atoms with Crippen LogP contribution in [0.2, 0.25) is 13.0 Å². The lowest BCUT2D eigenvalue weighted by molar-refractivity contribution is 0.644. The van der Waals surface area contributed by atoms with Crippen LogP contribution in [0.5, 0.6) is 0 Å². The van der Waals surface area contributed by atoms with E-state index in [1.165, 1.54) is 18.2 Å². The molecule has 0 atom stereocenters. The summed E-state index contributed by atoms with van der Waals surface area (Å²) < 4.78 is 118. The maximum atomic E-state index is 9.42. The fraction of sp³-hybridized carbons (Fsp3) is 0.0962. The molecular formula is C52H38N4OSSi. The second kappa shape index (κ2) is 12.5. The predicted molar refractivity (Wildman–Crippen MR) is 246 cm³/mol. The van der Waals surface area contributed by atoms with Gasteiger partial charge in [0.1, 0.15) is 8.07 Å². The van der Waals surface area contributed by atoms with E-state index in [4.69, 9.17) is 22.6 Å². The van der Waals surface area contributed by atoms with Crippen molar-refractivity contribution in [2.75, 3.05) is 0 Å². The van der Waals surface area contributed by atoms with Crippen molar-refractivity contribution in [3.63, 3.8) is 0 Å². The molecule has 59 heavy (non-hydrogen) atoms. The van der Waals surface area contributed by atoms with Crippen LogP contribution in [-0.2, 0) is 0 Å². The molecule has 5 nitrogen and oxygen atoms in total. The van der Waals surface area contributed by atoms with E-state index in [2.05, 4.69) is 23.2 Å². The van der Waals surface area contributed by atoms with Crippen molar-refractivity contribution in [2.24, 2.45) is 0 Å².